The molecule has 0 spiro atoms. The third-order valence-electron chi connectivity index (χ3n) is 3.80. The van der Waals surface area contributed by atoms with Crippen molar-refractivity contribution in [3.8, 4) is 0 Å². The zero-order chi connectivity index (χ0) is 16.1. The fraction of sp³-hybridized carbons (Fsp3) is 0.500. The van der Waals surface area contributed by atoms with Gasteiger partial charge in [0.2, 0.25) is 5.91 Å². The van der Waals surface area contributed by atoms with Crippen LogP contribution in [0.4, 0.5) is 0 Å². The number of aromatic nitrogens is 2. The molecule has 0 saturated carbocycles. The Labute approximate surface area is 135 Å². The van der Waals surface area contributed by atoms with E-state index >= 15 is 0 Å². The summed E-state index contributed by atoms with van der Waals surface area (Å²) in [6, 6.07) is 4.43. The number of rotatable bonds is 7. The maximum absolute atomic E-state index is 12.0. The molecular weight excluding hydrogens is 296 g/mol. The van der Waals surface area contributed by atoms with Crippen LogP contribution in [-0.2, 0) is 4.79 Å². The van der Waals surface area contributed by atoms with Crippen molar-refractivity contribution in [2.75, 3.05) is 6.54 Å². The molecule has 2 N–H and O–H groups in total. The first kappa shape index (κ1) is 16.7. The fourth-order valence-electron chi connectivity index (χ4n) is 2.21. The second-order valence-corrected chi connectivity index (χ2v) is 6.69. The van der Waals surface area contributed by atoms with E-state index < -0.39 is 0 Å². The van der Waals surface area contributed by atoms with Gasteiger partial charge in [-0.3, -0.25) is 9.48 Å². The van der Waals surface area contributed by atoms with Crippen LogP contribution in [0.5, 0.6) is 0 Å². The van der Waals surface area contributed by atoms with E-state index in [-0.39, 0.29) is 24.0 Å². The van der Waals surface area contributed by atoms with E-state index in [0.717, 1.165) is 5.56 Å². The third-order valence-corrected chi connectivity index (χ3v) is 4.86. The molecule has 120 valence electrons. The standard InChI is InChI=1S/C16H24N4OS/c1-11-8-18-20(10-11)14(4)12(2)17-9-16(21)19-13(3)15-6-5-7-22-15/h5-8,10,12-14,17H,9H2,1-4H3,(H,19,21)/t12-,13+,14-/m1/s1. The molecule has 0 unspecified atom stereocenters. The van der Waals surface area contributed by atoms with Gasteiger partial charge in [0.1, 0.15) is 0 Å². The number of nitrogens with one attached hydrogen (secondary N) is 2. The monoisotopic (exact) mass is 320 g/mol. The highest BCUT2D eigenvalue weighted by atomic mass is 32.1. The van der Waals surface area contributed by atoms with Gasteiger partial charge in [-0.05, 0) is 44.7 Å². The Hall–Kier alpha value is -1.66. The normalized spacial score (nSPS) is 15.3. The summed E-state index contributed by atoms with van der Waals surface area (Å²) in [4.78, 5) is 13.2. The first-order chi connectivity index (χ1) is 10.5. The van der Waals surface area contributed by atoms with Crippen molar-refractivity contribution < 1.29 is 4.79 Å². The number of nitrogens with zero attached hydrogens (tertiary/aromatic N) is 2. The number of hydrogen-bond acceptors (Lipinski definition) is 4. The first-order valence-corrected chi connectivity index (χ1v) is 8.42. The van der Waals surface area contributed by atoms with Crippen LogP contribution in [0.1, 0.15) is 43.3 Å². The van der Waals surface area contributed by atoms with Gasteiger partial charge in [0.15, 0.2) is 0 Å². The Balaban J connectivity index is 1.78. The lowest BCUT2D eigenvalue weighted by molar-refractivity contribution is -0.121. The van der Waals surface area contributed by atoms with Crippen LogP contribution < -0.4 is 10.6 Å². The lowest BCUT2D eigenvalue weighted by Gasteiger charge is -2.22. The minimum absolute atomic E-state index is 0.0107. The smallest absolute Gasteiger partial charge is 0.234 e. The number of thiophene rings is 1. The molecular formula is C16H24N4OS. The molecule has 0 saturated heterocycles. The molecule has 0 aliphatic heterocycles. The molecule has 3 atom stereocenters. The minimum atomic E-state index is 0.0107. The summed E-state index contributed by atoms with van der Waals surface area (Å²) in [5.74, 6) is 0.0107. The molecule has 0 fully saturated rings. The lowest BCUT2D eigenvalue weighted by Crippen LogP contribution is -2.41. The van der Waals surface area contributed by atoms with Gasteiger partial charge in [0, 0.05) is 17.1 Å². The van der Waals surface area contributed by atoms with Crippen LogP contribution in [0.15, 0.2) is 29.9 Å². The summed E-state index contributed by atoms with van der Waals surface area (Å²) in [6.45, 7) is 8.49. The number of amides is 1. The molecule has 2 rings (SSSR count). The molecule has 0 aromatic carbocycles. The lowest BCUT2D eigenvalue weighted by atomic mass is 10.1. The van der Waals surface area contributed by atoms with E-state index in [0.29, 0.717) is 6.54 Å². The average Bonchev–Trinajstić information content (AvgIpc) is 3.15. The molecule has 2 aromatic heterocycles. The molecule has 22 heavy (non-hydrogen) atoms. The summed E-state index contributed by atoms with van der Waals surface area (Å²) >= 11 is 1.66. The molecule has 2 aromatic rings. The molecule has 0 aliphatic carbocycles. The van der Waals surface area contributed by atoms with Crippen LogP contribution in [-0.4, -0.2) is 28.3 Å². The number of carbonyl (C=O) groups excluding carboxylic acids is 1. The number of aryl methyl sites for hydroxylation is 1. The van der Waals surface area contributed by atoms with Crippen molar-refractivity contribution in [2.24, 2.45) is 0 Å². The van der Waals surface area contributed by atoms with Crippen LogP contribution in [0.2, 0.25) is 0 Å². The topological polar surface area (TPSA) is 59.0 Å². The Bertz CT molecular complexity index is 593. The van der Waals surface area contributed by atoms with Crippen molar-refractivity contribution in [1.82, 2.24) is 20.4 Å². The predicted molar refractivity (Wildman–Crippen MR) is 90.0 cm³/mol. The Morgan fingerprint density at radius 3 is 2.77 bits per heavy atom. The number of carbonyl (C=O) groups is 1. The van der Waals surface area contributed by atoms with E-state index in [2.05, 4.69) is 29.6 Å². The van der Waals surface area contributed by atoms with Gasteiger partial charge in [0.05, 0.1) is 24.8 Å². The molecule has 0 aliphatic rings. The van der Waals surface area contributed by atoms with Gasteiger partial charge in [-0.25, -0.2) is 0 Å². The fourth-order valence-corrected chi connectivity index (χ4v) is 2.94. The zero-order valence-electron chi connectivity index (χ0n) is 13.5. The van der Waals surface area contributed by atoms with Gasteiger partial charge in [0.25, 0.3) is 0 Å². The summed E-state index contributed by atoms with van der Waals surface area (Å²) in [6.07, 6.45) is 3.86. The second-order valence-electron chi connectivity index (χ2n) is 5.71. The Morgan fingerprint density at radius 2 is 2.18 bits per heavy atom. The average molecular weight is 320 g/mol. The van der Waals surface area contributed by atoms with Crippen molar-refractivity contribution in [2.45, 2.75) is 45.8 Å². The van der Waals surface area contributed by atoms with Crippen LogP contribution in [0.25, 0.3) is 0 Å². The van der Waals surface area contributed by atoms with E-state index in [9.17, 15) is 4.79 Å². The summed E-state index contributed by atoms with van der Waals surface area (Å²) < 4.78 is 1.93. The van der Waals surface area contributed by atoms with Crippen molar-refractivity contribution >= 4 is 17.2 Å². The second kappa shape index (κ2) is 7.56. The van der Waals surface area contributed by atoms with Crippen LogP contribution in [0, 0.1) is 6.92 Å². The SMILES string of the molecule is Cc1cnn([C@H](C)[C@@H](C)NCC(=O)N[C@@H](C)c2cccs2)c1. The van der Waals surface area contributed by atoms with Gasteiger partial charge in [-0.15, -0.1) is 11.3 Å². The third kappa shape index (κ3) is 4.42. The molecule has 1 amide bonds. The van der Waals surface area contributed by atoms with Gasteiger partial charge in [-0.1, -0.05) is 6.07 Å². The molecule has 2 heterocycles. The molecule has 0 bridgehead atoms. The van der Waals surface area contributed by atoms with E-state index in [4.69, 9.17) is 0 Å². The highest BCUT2D eigenvalue weighted by Crippen LogP contribution is 2.17. The Morgan fingerprint density at radius 1 is 1.41 bits per heavy atom. The van der Waals surface area contributed by atoms with Crippen molar-refractivity contribution in [3.05, 3.63) is 40.3 Å². The van der Waals surface area contributed by atoms with E-state index in [1.165, 1.54) is 4.88 Å². The van der Waals surface area contributed by atoms with Gasteiger partial charge >= 0.3 is 0 Å². The van der Waals surface area contributed by atoms with Crippen molar-refractivity contribution in [3.63, 3.8) is 0 Å². The number of hydrogen-bond donors (Lipinski definition) is 2. The van der Waals surface area contributed by atoms with Crippen LogP contribution >= 0.6 is 11.3 Å². The highest BCUT2D eigenvalue weighted by Gasteiger charge is 2.16. The van der Waals surface area contributed by atoms with E-state index in [1.807, 2.05) is 48.4 Å². The maximum atomic E-state index is 12.0. The first-order valence-electron chi connectivity index (χ1n) is 7.54. The van der Waals surface area contributed by atoms with Crippen molar-refractivity contribution in [1.29, 1.82) is 0 Å². The zero-order valence-corrected chi connectivity index (χ0v) is 14.4. The quantitative estimate of drug-likeness (QED) is 0.824. The summed E-state index contributed by atoms with van der Waals surface area (Å²) in [7, 11) is 0. The summed E-state index contributed by atoms with van der Waals surface area (Å²) in [5, 5.41) is 12.6. The van der Waals surface area contributed by atoms with Crippen LogP contribution in [0.3, 0.4) is 0 Å². The summed E-state index contributed by atoms with van der Waals surface area (Å²) in [5.41, 5.74) is 1.14. The highest BCUT2D eigenvalue weighted by molar-refractivity contribution is 7.10. The Kier molecular flexibility index (Phi) is 5.74. The molecule has 5 nitrogen and oxygen atoms in total. The minimum Gasteiger partial charge on any atom is -0.348 e. The van der Waals surface area contributed by atoms with Gasteiger partial charge in [-0.2, -0.15) is 5.10 Å². The largest absolute Gasteiger partial charge is 0.348 e. The van der Waals surface area contributed by atoms with E-state index in [1.54, 1.807) is 11.3 Å². The molecule has 0 radical (unpaired) electrons. The molecule has 6 heteroatoms. The van der Waals surface area contributed by atoms with Gasteiger partial charge < -0.3 is 10.6 Å². The predicted octanol–water partition coefficient (Wildman–Crippen LogP) is 2.67. The maximum Gasteiger partial charge on any atom is 0.234 e.